The van der Waals surface area contributed by atoms with E-state index in [1.807, 2.05) is 30.1 Å². The Balaban J connectivity index is 1.89. The van der Waals surface area contributed by atoms with Crippen LogP contribution in [-0.2, 0) is 4.79 Å². The van der Waals surface area contributed by atoms with Gasteiger partial charge in [0.25, 0.3) is 0 Å². The SMILES string of the molecule is CC(c1ccccc1)N(C)C(=O)CN1CCC(CN)C1. The number of likely N-dealkylation sites (N-methyl/N-ethyl adjacent to an activating group) is 1. The van der Waals surface area contributed by atoms with Crippen LogP contribution in [0.4, 0.5) is 0 Å². The van der Waals surface area contributed by atoms with Gasteiger partial charge in [0.05, 0.1) is 12.6 Å². The van der Waals surface area contributed by atoms with Crippen LogP contribution in [0.5, 0.6) is 0 Å². The van der Waals surface area contributed by atoms with Crippen molar-refractivity contribution in [3.05, 3.63) is 35.9 Å². The summed E-state index contributed by atoms with van der Waals surface area (Å²) in [7, 11) is 1.89. The van der Waals surface area contributed by atoms with Crippen LogP contribution in [0.3, 0.4) is 0 Å². The molecule has 1 aliphatic rings. The Labute approximate surface area is 121 Å². The minimum absolute atomic E-state index is 0.108. The average molecular weight is 275 g/mol. The molecule has 1 aromatic rings. The molecular weight excluding hydrogens is 250 g/mol. The fourth-order valence-electron chi connectivity index (χ4n) is 2.72. The molecule has 1 amide bonds. The summed E-state index contributed by atoms with van der Waals surface area (Å²) in [4.78, 5) is 16.4. The number of carbonyl (C=O) groups is 1. The fourth-order valence-corrected chi connectivity index (χ4v) is 2.72. The van der Waals surface area contributed by atoms with Gasteiger partial charge in [0.1, 0.15) is 0 Å². The van der Waals surface area contributed by atoms with Gasteiger partial charge in [0.15, 0.2) is 0 Å². The molecule has 1 aliphatic heterocycles. The summed E-state index contributed by atoms with van der Waals surface area (Å²) >= 11 is 0. The number of carbonyl (C=O) groups excluding carboxylic acids is 1. The molecule has 0 aliphatic carbocycles. The van der Waals surface area contributed by atoms with Gasteiger partial charge in [-0.1, -0.05) is 30.3 Å². The molecule has 1 aromatic carbocycles. The molecule has 0 radical (unpaired) electrons. The molecule has 2 N–H and O–H groups in total. The first-order valence-corrected chi connectivity index (χ1v) is 7.35. The smallest absolute Gasteiger partial charge is 0.236 e. The monoisotopic (exact) mass is 275 g/mol. The Hall–Kier alpha value is -1.39. The van der Waals surface area contributed by atoms with Gasteiger partial charge in [-0.25, -0.2) is 0 Å². The summed E-state index contributed by atoms with van der Waals surface area (Å²) < 4.78 is 0. The predicted octanol–water partition coefficient (Wildman–Crippen LogP) is 1.49. The van der Waals surface area contributed by atoms with Gasteiger partial charge in [-0.15, -0.1) is 0 Å². The number of hydrogen-bond donors (Lipinski definition) is 1. The van der Waals surface area contributed by atoms with E-state index in [1.165, 1.54) is 5.56 Å². The first-order valence-electron chi connectivity index (χ1n) is 7.35. The largest absolute Gasteiger partial charge is 0.338 e. The zero-order chi connectivity index (χ0) is 14.5. The number of nitrogens with two attached hydrogens (primary N) is 1. The predicted molar refractivity (Wildman–Crippen MR) is 81.2 cm³/mol. The average Bonchev–Trinajstić information content (AvgIpc) is 2.94. The molecule has 20 heavy (non-hydrogen) atoms. The van der Waals surface area contributed by atoms with Crippen LogP contribution in [0.15, 0.2) is 30.3 Å². The first-order chi connectivity index (χ1) is 9.61. The third-order valence-corrected chi connectivity index (χ3v) is 4.32. The van der Waals surface area contributed by atoms with Crippen molar-refractivity contribution >= 4 is 5.91 Å². The van der Waals surface area contributed by atoms with E-state index >= 15 is 0 Å². The van der Waals surface area contributed by atoms with E-state index in [0.29, 0.717) is 12.5 Å². The maximum absolute atomic E-state index is 12.4. The van der Waals surface area contributed by atoms with Crippen molar-refractivity contribution in [2.75, 3.05) is 33.2 Å². The summed E-state index contributed by atoms with van der Waals surface area (Å²) in [5.74, 6) is 0.735. The van der Waals surface area contributed by atoms with E-state index in [9.17, 15) is 4.79 Å². The second-order valence-corrected chi connectivity index (χ2v) is 5.72. The molecule has 0 bridgehead atoms. The van der Waals surface area contributed by atoms with Crippen molar-refractivity contribution in [2.45, 2.75) is 19.4 Å². The second kappa shape index (κ2) is 6.86. The molecule has 1 heterocycles. The zero-order valence-electron chi connectivity index (χ0n) is 12.5. The molecule has 0 saturated carbocycles. The number of benzene rings is 1. The summed E-state index contributed by atoms with van der Waals surface area (Å²) in [6.45, 7) is 5.24. The van der Waals surface area contributed by atoms with Crippen molar-refractivity contribution < 1.29 is 4.79 Å². The van der Waals surface area contributed by atoms with Crippen LogP contribution >= 0.6 is 0 Å². The minimum Gasteiger partial charge on any atom is -0.338 e. The lowest BCUT2D eigenvalue weighted by Gasteiger charge is -2.27. The summed E-state index contributed by atoms with van der Waals surface area (Å²) in [6, 6.07) is 10.3. The molecule has 0 spiro atoms. The highest BCUT2D eigenvalue weighted by molar-refractivity contribution is 5.78. The molecule has 4 nitrogen and oxygen atoms in total. The number of amides is 1. The topological polar surface area (TPSA) is 49.6 Å². The van der Waals surface area contributed by atoms with Gasteiger partial charge in [-0.05, 0) is 37.9 Å². The molecular formula is C16H25N3O. The zero-order valence-corrected chi connectivity index (χ0v) is 12.5. The Bertz CT molecular complexity index is 435. The van der Waals surface area contributed by atoms with Gasteiger partial charge >= 0.3 is 0 Å². The molecule has 2 rings (SSSR count). The summed E-state index contributed by atoms with van der Waals surface area (Å²) in [5.41, 5.74) is 6.86. The third-order valence-electron chi connectivity index (χ3n) is 4.32. The normalized spacial score (nSPS) is 20.9. The third kappa shape index (κ3) is 3.58. The van der Waals surface area contributed by atoms with E-state index in [4.69, 9.17) is 5.73 Å². The molecule has 1 saturated heterocycles. The minimum atomic E-state index is 0.108. The fraction of sp³-hybridized carbons (Fsp3) is 0.562. The lowest BCUT2D eigenvalue weighted by molar-refractivity contribution is -0.132. The number of likely N-dealkylation sites (tertiary alicyclic amines) is 1. The Morgan fingerprint density at radius 1 is 1.45 bits per heavy atom. The van der Waals surface area contributed by atoms with Crippen LogP contribution in [-0.4, -0.2) is 48.9 Å². The highest BCUT2D eigenvalue weighted by Gasteiger charge is 2.25. The Morgan fingerprint density at radius 3 is 2.75 bits per heavy atom. The summed E-state index contributed by atoms with van der Waals surface area (Å²) in [6.07, 6.45) is 1.11. The highest BCUT2D eigenvalue weighted by atomic mass is 16.2. The number of rotatable bonds is 5. The Morgan fingerprint density at radius 2 is 2.15 bits per heavy atom. The van der Waals surface area contributed by atoms with Crippen LogP contribution in [0.2, 0.25) is 0 Å². The van der Waals surface area contributed by atoms with Crippen LogP contribution in [0, 0.1) is 5.92 Å². The van der Waals surface area contributed by atoms with Crippen molar-refractivity contribution in [2.24, 2.45) is 11.7 Å². The van der Waals surface area contributed by atoms with Crippen LogP contribution in [0.1, 0.15) is 24.9 Å². The molecule has 1 fully saturated rings. The van der Waals surface area contributed by atoms with Crippen molar-refractivity contribution in [3.8, 4) is 0 Å². The van der Waals surface area contributed by atoms with E-state index in [0.717, 1.165) is 26.1 Å². The molecule has 2 atom stereocenters. The van der Waals surface area contributed by atoms with Gasteiger partial charge in [-0.2, -0.15) is 0 Å². The van der Waals surface area contributed by atoms with Gasteiger partial charge < -0.3 is 10.6 Å². The quantitative estimate of drug-likeness (QED) is 0.885. The maximum Gasteiger partial charge on any atom is 0.236 e. The lowest BCUT2D eigenvalue weighted by atomic mass is 10.1. The Kier molecular flexibility index (Phi) is 5.15. The van der Waals surface area contributed by atoms with E-state index in [2.05, 4.69) is 24.0 Å². The van der Waals surface area contributed by atoms with Crippen molar-refractivity contribution in [1.29, 1.82) is 0 Å². The maximum atomic E-state index is 12.4. The molecule has 0 aromatic heterocycles. The molecule has 2 unspecified atom stereocenters. The highest BCUT2D eigenvalue weighted by Crippen LogP contribution is 2.19. The van der Waals surface area contributed by atoms with Gasteiger partial charge in [0.2, 0.25) is 5.91 Å². The lowest BCUT2D eigenvalue weighted by Crippen LogP contribution is -2.38. The number of nitrogens with zero attached hydrogens (tertiary/aromatic N) is 2. The first kappa shape index (κ1) is 15.0. The van der Waals surface area contributed by atoms with Crippen LogP contribution < -0.4 is 5.73 Å². The van der Waals surface area contributed by atoms with Crippen molar-refractivity contribution in [3.63, 3.8) is 0 Å². The van der Waals surface area contributed by atoms with E-state index < -0.39 is 0 Å². The van der Waals surface area contributed by atoms with E-state index in [-0.39, 0.29) is 11.9 Å². The standard InChI is InChI=1S/C16H25N3O/c1-13(15-6-4-3-5-7-15)18(2)16(20)12-19-9-8-14(10-17)11-19/h3-7,13-14H,8-12,17H2,1-2H3. The van der Waals surface area contributed by atoms with E-state index in [1.54, 1.807) is 0 Å². The van der Waals surface area contributed by atoms with Crippen LogP contribution in [0.25, 0.3) is 0 Å². The molecule has 110 valence electrons. The summed E-state index contributed by atoms with van der Waals surface area (Å²) in [5, 5.41) is 0. The number of hydrogen-bond acceptors (Lipinski definition) is 3. The second-order valence-electron chi connectivity index (χ2n) is 5.72. The van der Waals surface area contributed by atoms with Crippen molar-refractivity contribution in [1.82, 2.24) is 9.80 Å². The molecule has 4 heteroatoms. The van der Waals surface area contributed by atoms with Gasteiger partial charge in [-0.3, -0.25) is 9.69 Å². The van der Waals surface area contributed by atoms with Gasteiger partial charge in [0, 0.05) is 13.6 Å².